The van der Waals surface area contributed by atoms with Gasteiger partial charge in [0.2, 0.25) is 5.91 Å². The molecule has 3 rings (SSSR count). The molecule has 3 atom stereocenters. The predicted octanol–water partition coefficient (Wildman–Crippen LogP) is 0.482. The number of benzene rings is 1. The normalized spacial score (nSPS) is 29.0. The predicted molar refractivity (Wildman–Crippen MR) is 78.9 cm³/mol. The smallest absolute Gasteiger partial charge is 0.244 e. The van der Waals surface area contributed by atoms with E-state index in [1.807, 2.05) is 30.0 Å². The summed E-state index contributed by atoms with van der Waals surface area (Å²) in [7, 11) is 0. The number of aliphatic hydroxyl groups is 1. The maximum atomic E-state index is 12.9. The molecule has 0 saturated carbocycles. The SMILES string of the molecule is CC1COC(CO)CN1C(=O)C1NCCc2ccccc21. The Bertz CT molecular complexity index is 520. The second-order valence-corrected chi connectivity index (χ2v) is 5.81. The van der Waals surface area contributed by atoms with Gasteiger partial charge in [0.1, 0.15) is 6.04 Å². The Morgan fingerprint density at radius 2 is 2.29 bits per heavy atom. The van der Waals surface area contributed by atoms with Crippen molar-refractivity contribution < 1.29 is 14.6 Å². The first-order valence-electron chi connectivity index (χ1n) is 7.55. The van der Waals surface area contributed by atoms with Crippen molar-refractivity contribution >= 4 is 5.91 Å². The number of morpholine rings is 1. The van der Waals surface area contributed by atoms with Crippen molar-refractivity contribution in [3.8, 4) is 0 Å². The number of nitrogens with zero attached hydrogens (tertiary/aromatic N) is 1. The van der Waals surface area contributed by atoms with Gasteiger partial charge in [-0.15, -0.1) is 0 Å². The maximum absolute atomic E-state index is 12.9. The van der Waals surface area contributed by atoms with E-state index in [0.717, 1.165) is 18.5 Å². The summed E-state index contributed by atoms with van der Waals surface area (Å²) >= 11 is 0. The van der Waals surface area contributed by atoms with Crippen LogP contribution in [0.15, 0.2) is 24.3 Å². The van der Waals surface area contributed by atoms with Crippen LogP contribution < -0.4 is 5.32 Å². The summed E-state index contributed by atoms with van der Waals surface area (Å²) in [6, 6.07) is 7.87. The van der Waals surface area contributed by atoms with Crippen molar-refractivity contribution in [3.05, 3.63) is 35.4 Å². The molecule has 2 aliphatic rings. The van der Waals surface area contributed by atoms with Crippen LogP contribution in [-0.4, -0.2) is 54.4 Å². The Hall–Kier alpha value is -1.43. The third-order valence-electron chi connectivity index (χ3n) is 4.35. The summed E-state index contributed by atoms with van der Waals surface area (Å²) in [5.74, 6) is 0.0800. The zero-order valence-corrected chi connectivity index (χ0v) is 12.3. The van der Waals surface area contributed by atoms with E-state index in [1.54, 1.807) is 0 Å². The number of hydrogen-bond acceptors (Lipinski definition) is 4. The van der Waals surface area contributed by atoms with Crippen molar-refractivity contribution in [2.24, 2.45) is 0 Å². The molecule has 0 radical (unpaired) electrons. The first kappa shape index (κ1) is 14.5. The van der Waals surface area contributed by atoms with E-state index < -0.39 is 0 Å². The molecule has 2 N–H and O–H groups in total. The zero-order valence-electron chi connectivity index (χ0n) is 12.3. The molecule has 5 nitrogen and oxygen atoms in total. The highest BCUT2D eigenvalue weighted by Gasteiger charge is 2.35. The van der Waals surface area contributed by atoms with Gasteiger partial charge >= 0.3 is 0 Å². The Labute approximate surface area is 124 Å². The number of carbonyl (C=O) groups excluding carboxylic acids is 1. The van der Waals surface area contributed by atoms with Crippen LogP contribution in [0.2, 0.25) is 0 Å². The molecule has 114 valence electrons. The number of ether oxygens (including phenoxy) is 1. The van der Waals surface area contributed by atoms with Gasteiger partial charge in [-0.2, -0.15) is 0 Å². The summed E-state index contributed by atoms with van der Waals surface area (Å²) in [5, 5.41) is 12.6. The van der Waals surface area contributed by atoms with Gasteiger partial charge in [-0.25, -0.2) is 0 Å². The third kappa shape index (κ3) is 2.81. The second kappa shape index (κ2) is 6.13. The Kier molecular flexibility index (Phi) is 4.24. The van der Waals surface area contributed by atoms with Crippen LogP contribution in [0.3, 0.4) is 0 Å². The summed E-state index contributed by atoms with van der Waals surface area (Å²) < 4.78 is 5.51. The monoisotopic (exact) mass is 290 g/mol. The van der Waals surface area contributed by atoms with E-state index in [4.69, 9.17) is 4.74 Å². The first-order valence-corrected chi connectivity index (χ1v) is 7.55. The second-order valence-electron chi connectivity index (χ2n) is 5.81. The lowest BCUT2D eigenvalue weighted by Gasteiger charge is -2.40. The van der Waals surface area contributed by atoms with E-state index >= 15 is 0 Å². The number of rotatable bonds is 2. The molecular weight excluding hydrogens is 268 g/mol. The fourth-order valence-electron chi connectivity index (χ4n) is 3.13. The molecule has 0 aliphatic carbocycles. The molecule has 1 saturated heterocycles. The van der Waals surface area contributed by atoms with Gasteiger partial charge in [-0.05, 0) is 24.5 Å². The Morgan fingerprint density at radius 3 is 3.10 bits per heavy atom. The van der Waals surface area contributed by atoms with Gasteiger partial charge in [-0.1, -0.05) is 24.3 Å². The Morgan fingerprint density at radius 1 is 1.48 bits per heavy atom. The number of nitrogens with one attached hydrogen (secondary N) is 1. The van der Waals surface area contributed by atoms with Crippen LogP contribution in [0.1, 0.15) is 24.1 Å². The highest BCUT2D eigenvalue weighted by atomic mass is 16.5. The van der Waals surface area contributed by atoms with Crippen molar-refractivity contribution in [3.63, 3.8) is 0 Å². The van der Waals surface area contributed by atoms with Gasteiger partial charge in [0.25, 0.3) is 0 Å². The van der Waals surface area contributed by atoms with E-state index in [2.05, 4.69) is 11.4 Å². The van der Waals surface area contributed by atoms with Crippen LogP contribution in [0, 0.1) is 0 Å². The fourth-order valence-corrected chi connectivity index (χ4v) is 3.13. The van der Waals surface area contributed by atoms with Crippen molar-refractivity contribution in [2.45, 2.75) is 31.5 Å². The molecule has 2 heterocycles. The average Bonchev–Trinajstić information content (AvgIpc) is 2.54. The van der Waals surface area contributed by atoms with Crippen molar-refractivity contribution in [1.82, 2.24) is 10.2 Å². The molecule has 1 aromatic rings. The quantitative estimate of drug-likeness (QED) is 0.832. The molecule has 0 bridgehead atoms. The standard InChI is InChI=1S/C16H22N2O3/c1-11-10-21-13(9-19)8-18(11)16(20)15-14-5-3-2-4-12(14)6-7-17-15/h2-5,11,13,15,17,19H,6-10H2,1H3. The lowest BCUT2D eigenvalue weighted by molar-refractivity contribution is -0.148. The maximum Gasteiger partial charge on any atom is 0.244 e. The molecule has 3 unspecified atom stereocenters. The molecule has 1 aromatic carbocycles. The van der Waals surface area contributed by atoms with E-state index in [0.29, 0.717) is 13.2 Å². The summed E-state index contributed by atoms with van der Waals surface area (Å²) in [5.41, 5.74) is 2.32. The minimum absolute atomic E-state index is 0.0381. The van der Waals surface area contributed by atoms with E-state index in [1.165, 1.54) is 5.56 Å². The molecule has 5 heteroatoms. The number of amides is 1. The van der Waals surface area contributed by atoms with E-state index in [9.17, 15) is 9.90 Å². The van der Waals surface area contributed by atoms with Crippen LogP contribution in [0.4, 0.5) is 0 Å². The molecular formula is C16H22N2O3. The van der Waals surface area contributed by atoms with Gasteiger partial charge in [-0.3, -0.25) is 4.79 Å². The molecule has 0 aromatic heterocycles. The molecule has 1 amide bonds. The molecule has 0 spiro atoms. The van der Waals surface area contributed by atoms with Gasteiger partial charge in [0, 0.05) is 13.1 Å². The van der Waals surface area contributed by atoms with Gasteiger partial charge < -0.3 is 20.1 Å². The fraction of sp³-hybridized carbons (Fsp3) is 0.562. The number of carbonyl (C=O) groups is 1. The largest absolute Gasteiger partial charge is 0.394 e. The summed E-state index contributed by atoms with van der Waals surface area (Å²) in [6.45, 7) is 3.68. The Balaban J connectivity index is 1.82. The average molecular weight is 290 g/mol. The summed E-state index contributed by atoms with van der Waals surface area (Å²) in [4.78, 5) is 14.8. The molecule has 2 aliphatic heterocycles. The number of aliphatic hydroxyl groups excluding tert-OH is 1. The number of hydrogen-bond donors (Lipinski definition) is 2. The highest BCUT2D eigenvalue weighted by molar-refractivity contribution is 5.84. The van der Waals surface area contributed by atoms with Crippen LogP contribution in [0.25, 0.3) is 0 Å². The zero-order chi connectivity index (χ0) is 14.8. The van der Waals surface area contributed by atoms with Crippen molar-refractivity contribution in [2.75, 3.05) is 26.3 Å². The minimum atomic E-state index is -0.283. The van der Waals surface area contributed by atoms with Crippen molar-refractivity contribution in [1.29, 1.82) is 0 Å². The lowest BCUT2D eigenvalue weighted by atomic mass is 9.93. The van der Waals surface area contributed by atoms with Gasteiger partial charge in [0.05, 0.1) is 25.4 Å². The molecule has 21 heavy (non-hydrogen) atoms. The highest BCUT2D eigenvalue weighted by Crippen LogP contribution is 2.26. The van der Waals surface area contributed by atoms with Crippen LogP contribution in [0.5, 0.6) is 0 Å². The first-order chi connectivity index (χ1) is 10.2. The van der Waals surface area contributed by atoms with Crippen LogP contribution >= 0.6 is 0 Å². The third-order valence-corrected chi connectivity index (χ3v) is 4.35. The van der Waals surface area contributed by atoms with Crippen LogP contribution in [-0.2, 0) is 16.0 Å². The summed E-state index contributed by atoms with van der Waals surface area (Å²) in [6.07, 6.45) is 0.682. The molecule has 1 fully saturated rings. The minimum Gasteiger partial charge on any atom is -0.394 e. The van der Waals surface area contributed by atoms with E-state index in [-0.39, 0.29) is 30.7 Å². The number of fused-ring (bicyclic) bond motifs is 1. The lowest BCUT2D eigenvalue weighted by Crippen LogP contribution is -2.55. The van der Waals surface area contributed by atoms with Gasteiger partial charge in [0.15, 0.2) is 0 Å². The topological polar surface area (TPSA) is 61.8 Å².